The van der Waals surface area contributed by atoms with Crippen LogP contribution < -0.4 is 5.32 Å². The summed E-state index contributed by atoms with van der Waals surface area (Å²) in [5.74, 6) is 0.989. The summed E-state index contributed by atoms with van der Waals surface area (Å²) in [5.41, 5.74) is -0.440. The molecule has 1 amide bonds. The molecule has 0 atom stereocenters. The zero-order valence-electron chi connectivity index (χ0n) is 12.5. The maximum atomic E-state index is 11.7. The van der Waals surface area contributed by atoms with Gasteiger partial charge < -0.3 is 14.5 Å². The van der Waals surface area contributed by atoms with Gasteiger partial charge in [-0.2, -0.15) is 0 Å². The lowest BCUT2D eigenvalue weighted by Gasteiger charge is -2.32. The number of carbonyl (C=O) groups is 1. The first-order valence-electron chi connectivity index (χ1n) is 7.16. The number of hydrogen-bond acceptors (Lipinski definition) is 4. The second kappa shape index (κ2) is 6.31. The molecular formula is C15H24N2O3. The van der Waals surface area contributed by atoms with Gasteiger partial charge in [-0.25, -0.2) is 4.79 Å². The van der Waals surface area contributed by atoms with Gasteiger partial charge in [-0.05, 0) is 45.7 Å². The van der Waals surface area contributed by atoms with E-state index in [1.807, 2.05) is 32.9 Å². The number of amides is 1. The Morgan fingerprint density at radius 2 is 2.15 bits per heavy atom. The highest BCUT2D eigenvalue weighted by atomic mass is 16.6. The number of furan rings is 1. The van der Waals surface area contributed by atoms with Gasteiger partial charge in [0.05, 0.1) is 12.8 Å². The molecule has 1 aromatic heterocycles. The molecule has 0 unspecified atom stereocenters. The van der Waals surface area contributed by atoms with Gasteiger partial charge >= 0.3 is 6.09 Å². The Bertz CT molecular complexity index is 415. The topological polar surface area (TPSA) is 54.7 Å². The summed E-state index contributed by atoms with van der Waals surface area (Å²) in [6.07, 6.45) is 3.27. The Labute approximate surface area is 120 Å². The quantitative estimate of drug-likeness (QED) is 0.925. The van der Waals surface area contributed by atoms with E-state index in [0.717, 1.165) is 38.2 Å². The molecule has 0 aliphatic carbocycles. The number of ether oxygens (including phenoxy) is 1. The highest BCUT2D eigenvalue weighted by Gasteiger charge is 2.23. The predicted octanol–water partition coefficient (Wildman–Crippen LogP) is 2.77. The molecule has 5 heteroatoms. The lowest BCUT2D eigenvalue weighted by molar-refractivity contribution is 0.0476. The number of piperidine rings is 1. The van der Waals surface area contributed by atoms with Crippen molar-refractivity contribution in [1.29, 1.82) is 0 Å². The van der Waals surface area contributed by atoms with Gasteiger partial charge in [0.15, 0.2) is 0 Å². The summed E-state index contributed by atoms with van der Waals surface area (Å²) in [6, 6.07) is 4.11. The van der Waals surface area contributed by atoms with Crippen molar-refractivity contribution >= 4 is 6.09 Å². The monoisotopic (exact) mass is 280 g/mol. The van der Waals surface area contributed by atoms with Crippen LogP contribution in [0.25, 0.3) is 0 Å². The van der Waals surface area contributed by atoms with Gasteiger partial charge in [0.2, 0.25) is 0 Å². The number of hydrogen-bond donors (Lipinski definition) is 1. The largest absolute Gasteiger partial charge is 0.468 e. The molecule has 0 saturated carbocycles. The smallest absolute Gasteiger partial charge is 0.407 e. The van der Waals surface area contributed by atoms with Gasteiger partial charge in [0.25, 0.3) is 0 Å². The van der Waals surface area contributed by atoms with Crippen LogP contribution in [-0.2, 0) is 11.3 Å². The van der Waals surface area contributed by atoms with Crippen molar-refractivity contribution < 1.29 is 13.9 Å². The van der Waals surface area contributed by atoms with E-state index in [9.17, 15) is 4.79 Å². The van der Waals surface area contributed by atoms with Gasteiger partial charge in [-0.1, -0.05) is 0 Å². The van der Waals surface area contributed by atoms with Crippen LogP contribution >= 0.6 is 0 Å². The van der Waals surface area contributed by atoms with Crippen molar-refractivity contribution in [3.8, 4) is 0 Å². The number of likely N-dealkylation sites (tertiary alicyclic amines) is 1. The molecule has 0 bridgehead atoms. The van der Waals surface area contributed by atoms with E-state index in [2.05, 4.69) is 10.2 Å². The third-order valence-corrected chi connectivity index (χ3v) is 3.27. The third kappa shape index (κ3) is 4.89. The minimum absolute atomic E-state index is 0.206. The summed E-state index contributed by atoms with van der Waals surface area (Å²) in [5, 5.41) is 2.94. The molecule has 1 aliphatic heterocycles. The normalized spacial score (nSPS) is 17.9. The Balaban J connectivity index is 1.70. The number of carbonyl (C=O) groups excluding carboxylic acids is 1. The molecule has 1 aromatic rings. The molecule has 0 radical (unpaired) electrons. The number of alkyl carbamates (subject to hydrolysis) is 1. The van der Waals surface area contributed by atoms with Crippen LogP contribution in [0.2, 0.25) is 0 Å². The number of rotatable bonds is 3. The molecule has 5 nitrogen and oxygen atoms in total. The molecule has 1 fully saturated rings. The molecule has 20 heavy (non-hydrogen) atoms. The maximum Gasteiger partial charge on any atom is 0.407 e. The van der Waals surface area contributed by atoms with Crippen LogP contribution in [0.1, 0.15) is 39.4 Å². The highest BCUT2D eigenvalue weighted by molar-refractivity contribution is 5.68. The number of nitrogens with one attached hydrogen (secondary N) is 1. The molecule has 2 rings (SSSR count). The van der Waals surface area contributed by atoms with Gasteiger partial charge in [-0.3, -0.25) is 4.90 Å². The summed E-state index contributed by atoms with van der Waals surface area (Å²) >= 11 is 0. The van der Waals surface area contributed by atoms with Crippen LogP contribution in [-0.4, -0.2) is 35.7 Å². The van der Waals surface area contributed by atoms with Crippen molar-refractivity contribution in [2.24, 2.45) is 0 Å². The van der Waals surface area contributed by atoms with E-state index < -0.39 is 5.60 Å². The van der Waals surface area contributed by atoms with Crippen LogP contribution in [0.4, 0.5) is 4.79 Å². The Morgan fingerprint density at radius 3 is 2.70 bits per heavy atom. The summed E-state index contributed by atoms with van der Waals surface area (Å²) in [4.78, 5) is 14.0. The average molecular weight is 280 g/mol. The lowest BCUT2D eigenvalue weighted by atomic mass is 10.1. The fourth-order valence-electron chi connectivity index (χ4n) is 2.33. The van der Waals surface area contributed by atoms with Crippen molar-refractivity contribution in [3.63, 3.8) is 0 Å². The van der Waals surface area contributed by atoms with E-state index in [4.69, 9.17) is 9.15 Å². The minimum Gasteiger partial charge on any atom is -0.468 e. The second-order valence-corrected chi connectivity index (χ2v) is 6.28. The van der Waals surface area contributed by atoms with E-state index in [-0.39, 0.29) is 12.1 Å². The van der Waals surface area contributed by atoms with Crippen molar-refractivity contribution in [3.05, 3.63) is 24.2 Å². The summed E-state index contributed by atoms with van der Waals surface area (Å²) in [6.45, 7) is 8.38. The summed E-state index contributed by atoms with van der Waals surface area (Å²) < 4.78 is 10.6. The van der Waals surface area contributed by atoms with E-state index in [1.54, 1.807) is 6.26 Å². The average Bonchev–Trinajstić information content (AvgIpc) is 2.82. The Hall–Kier alpha value is -1.49. The fourth-order valence-corrected chi connectivity index (χ4v) is 2.33. The van der Waals surface area contributed by atoms with Gasteiger partial charge in [0.1, 0.15) is 11.4 Å². The standard InChI is InChI=1S/C15H24N2O3/c1-15(2,3)20-14(18)16-12-6-8-17(9-7-12)11-13-5-4-10-19-13/h4-5,10,12H,6-9,11H2,1-3H3,(H,16,18). The maximum absolute atomic E-state index is 11.7. The zero-order chi connectivity index (χ0) is 14.6. The molecular weight excluding hydrogens is 256 g/mol. The van der Waals surface area contributed by atoms with E-state index >= 15 is 0 Å². The lowest BCUT2D eigenvalue weighted by Crippen LogP contribution is -2.45. The molecule has 1 saturated heterocycles. The van der Waals surface area contributed by atoms with Gasteiger partial charge in [0, 0.05) is 19.1 Å². The van der Waals surface area contributed by atoms with E-state index in [1.165, 1.54) is 0 Å². The first-order valence-corrected chi connectivity index (χ1v) is 7.16. The fraction of sp³-hybridized carbons (Fsp3) is 0.667. The highest BCUT2D eigenvalue weighted by Crippen LogP contribution is 2.15. The number of nitrogens with zero attached hydrogens (tertiary/aromatic N) is 1. The van der Waals surface area contributed by atoms with Crippen LogP contribution in [0.5, 0.6) is 0 Å². The second-order valence-electron chi connectivity index (χ2n) is 6.28. The molecule has 1 aliphatic rings. The van der Waals surface area contributed by atoms with E-state index in [0.29, 0.717) is 0 Å². The SMILES string of the molecule is CC(C)(C)OC(=O)NC1CCN(Cc2ccco2)CC1. The van der Waals surface area contributed by atoms with Crippen molar-refractivity contribution in [2.45, 2.75) is 51.8 Å². The molecule has 1 N–H and O–H groups in total. The van der Waals surface area contributed by atoms with Crippen molar-refractivity contribution in [2.75, 3.05) is 13.1 Å². The van der Waals surface area contributed by atoms with Crippen LogP contribution in [0.15, 0.2) is 22.8 Å². The molecule has 0 spiro atoms. The molecule has 0 aromatic carbocycles. The minimum atomic E-state index is -0.440. The Morgan fingerprint density at radius 1 is 1.45 bits per heavy atom. The Kier molecular flexibility index (Phi) is 4.70. The first-order chi connectivity index (χ1) is 9.42. The predicted molar refractivity (Wildman–Crippen MR) is 76.4 cm³/mol. The van der Waals surface area contributed by atoms with Crippen molar-refractivity contribution in [1.82, 2.24) is 10.2 Å². The molecule has 112 valence electrons. The zero-order valence-corrected chi connectivity index (χ0v) is 12.5. The first kappa shape index (κ1) is 14.9. The van der Waals surface area contributed by atoms with Gasteiger partial charge in [-0.15, -0.1) is 0 Å². The van der Waals surface area contributed by atoms with Crippen LogP contribution in [0.3, 0.4) is 0 Å². The third-order valence-electron chi connectivity index (χ3n) is 3.27. The summed E-state index contributed by atoms with van der Waals surface area (Å²) in [7, 11) is 0. The molecule has 2 heterocycles. The van der Waals surface area contributed by atoms with Crippen LogP contribution in [0, 0.1) is 0 Å².